The lowest BCUT2D eigenvalue weighted by Gasteiger charge is -2.49. The number of hydrogen-bond acceptors (Lipinski definition) is 4. The van der Waals surface area contributed by atoms with Crippen LogP contribution in [0.15, 0.2) is 12.7 Å². The molecule has 0 fully saturated rings. The molecule has 7 nitrogen and oxygen atoms in total. The highest BCUT2D eigenvalue weighted by atomic mass is 16.4. The van der Waals surface area contributed by atoms with Crippen molar-refractivity contribution in [3.05, 3.63) is 12.7 Å². The van der Waals surface area contributed by atoms with Crippen LogP contribution >= 0.6 is 0 Å². The topological polar surface area (TPSA) is 115 Å². The van der Waals surface area contributed by atoms with Crippen molar-refractivity contribution in [3.63, 3.8) is 0 Å². The fourth-order valence-corrected chi connectivity index (χ4v) is 5.70. The van der Waals surface area contributed by atoms with Gasteiger partial charge < -0.3 is 20.1 Å². The number of quaternary nitrogens is 1. The summed E-state index contributed by atoms with van der Waals surface area (Å²) in [4.78, 5) is 35.3. The standard InChI is InChI=1S/C31H57NO6/c1-5-6-7-8-9-10-11-12-13-14-15-16-17-18-19-20-21-22-23-24-25-32(26(2)29(33)34,27(3)30(35)36)28(4)31(37)38/h5,26-28H,1,6-25H2,2-4H3,(H2-,33,34,35,36,37,38). The van der Waals surface area contributed by atoms with Crippen molar-refractivity contribution >= 4 is 17.9 Å². The van der Waals surface area contributed by atoms with Crippen LogP contribution in [-0.2, 0) is 14.4 Å². The third kappa shape index (κ3) is 14.3. The first kappa shape index (κ1) is 36.1. The SMILES string of the molecule is C=CCCCCCCCCCCCCCCCCCCCC[N+](C(C)C(=O)[O-])(C(C)C(=O)O)C(C)C(=O)O. The molecule has 0 aliphatic carbocycles. The Balaban J connectivity index is 4.03. The second-order valence-corrected chi connectivity index (χ2v) is 11.2. The normalized spacial score (nSPS) is 15.3. The summed E-state index contributed by atoms with van der Waals surface area (Å²) < 4.78 is -0.539. The Hall–Kier alpha value is -1.89. The molecule has 0 saturated carbocycles. The maximum Gasteiger partial charge on any atom is 0.362 e. The summed E-state index contributed by atoms with van der Waals surface area (Å²) in [6.45, 7) is 8.11. The van der Waals surface area contributed by atoms with Gasteiger partial charge in [0.25, 0.3) is 0 Å². The van der Waals surface area contributed by atoms with Crippen LogP contribution in [0.2, 0.25) is 0 Å². The monoisotopic (exact) mass is 539 g/mol. The highest BCUT2D eigenvalue weighted by Crippen LogP contribution is 2.27. The number of allylic oxidation sites excluding steroid dienone is 1. The molecule has 0 rings (SSSR count). The summed E-state index contributed by atoms with van der Waals surface area (Å²) in [5, 5.41) is 30.9. The van der Waals surface area contributed by atoms with Gasteiger partial charge in [-0.3, -0.25) is 4.48 Å². The van der Waals surface area contributed by atoms with E-state index in [4.69, 9.17) is 0 Å². The summed E-state index contributed by atoms with van der Waals surface area (Å²) in [5.41, 5.74) is 0. The van der Waals surface area contributed by atoms with E-state index >= 15 is 0 Å². The number of rotatable bonds is 27. The quantitative estimate of drug-likeness (QED) is 0.0701. The molecule has 2 N–H and O–H groups in total. The number of nitrogens with zero attached hydrogens (tertiary/aromatic N) is 1. The summed E-state index contributed by atoms with van der Waals surface area (Å²) in [7, 11) is 0. The van der Waals surface area contributed by atoms with Crippen molar-refractivity contribution in [1.82, 2.24) is 0 Å². The number of hydrogen-bond donors (Lipinski definition) is 2. The molecule has 0 aliphatic heterocycles. The van der Waals surface area contributed by atoms with E-state index in [1.807, 2.05) is 6.08 Å². The molecular formula is C31H57NO6. The molecule has 0 aromatic heterocycles. The molecule has 222 valence electrons. The molecule has 0 bridgehead atoms. The van der Waals surface area contributed by atoms with Gasteiger partial charge in [-0.15, -0.1) is 6.58 Å². The molecule has 0 heterocycles. The van der Waals surface area contributed by atoms with E-state index in [0.717, 1.165) is 25.7 Å². The van der Waals surface area contributed by atoms with Crippen molar-refractivity contribution < 1.29 is 34.2 Å². The highest BCUT2D eigenvalue weighted by molar-refractivity contribution is 5.76. The van der Waals surface area contributed by atoms with Gasteiger partial charge >= 0.3 is 11.9 Å². The van der Waals surface area contributed by atoms with Gasteiger partial charge in [0.05, 0.1) is 12.5 Å². The molecule has 3 unspecified atom stereocenters. The molecule has 3 atom stereocenters. The molecule has 0 radical (unpaired) electrons. The first-order valence-corrected chi connectivity index (χ1v) is 15.3. The maximum atomic E-state index is 11.8. The van der Waals surface area contributed by atoms with E-state index in [9.17, 15) is 29.7 Å². The lowest BCUT2D eigenvalue weighted by molar-refractivity contribution is -0.969. The van der Waals surface area contributed by atoms with E-state index in [0.29, 0.717) is 6.42 Å². The minimum absolute atomic E-state index is 0.186. The van der Waals surface area contributed by atoms with Crippen molar-refractivity contribution in [1.29, 1.82) is 0 Å². The van der Waals surface area contributed by atoms with E-state index in [-0.39, 0.29) is 6.54 Å². The Bertz CT molecular complexity index is 614. The lowest BCUT2D eigenvalue weighted by Crippen LogP contribution is -2.72. The maximum absolute atomic E-state index is 11.8. The van der Waals surface area contributed by atoms with Gasteiger partial charge in [-0.1, -0.05) is 102 Å². The van der Waals surface area contributed by atoms with Gasteiger partial charge in [-0.2, -0.15) is 0 Å². The third-order valence-electron chi connectivity index (χ3n) is 8.42. The Morgan fingerprint density at radius 1 is 0.605 bits per heavy atom. The zero-order chi connectivity index (χ0) is 28.8. The Kier molecular flexibility index (Phi) is 20.9. The fourth-order valence-electron chi connectivity index (χ4n) is 5.70. The summed E-state index contributed by atoms with van der Waals surface area (Å²) >= 11 is 0. The van der Waals surface area contributed by atoms with Gasteiger partial charge in [0.15, 0.2) is 12.1 Å². The van der Waals surface area contributed by atoms with Crippen LogP contribution in [0, 0.1) is 0 Å². The van der Waals surface area contributed by atoms with Crippen LogP contribution in [0.4, 0.5) is 0 Å². The molecule has 0 saturated heterocycles. The Morgan fingerprint density at radius 3 is 1.16 bits per heavy atom. The van der Waals surface area contributed by atoms with E-state index in [1.54, 1.807) is 0 Å². The molecule has 38 heavy (non-hydrogen) atoms. The predicted molar refractivity (Wildman–Crippen MR) is 152 cm³/mol. The first-order chi connectivity index (χ1) is 18.1. The van der Waals surface area contributed by atoms with E-state index < -0.39 is 40.5 Å². The number of carbonyl (C=O) groups excluding carboxylic acids is 1. The summed E-state index contributed by atoms with van der Waals surface area (Å²) in [6, 6.07) is -3.55. The van der Waals surface area contributed by atoms with Gasteiger partial charge in [0.1, 0.15) is 6.04 Å². The summed E-state index contributed by atoms with van der Waals surface area (Å²) in [6.07, 6.45) is 25.1. The minimum Gasteiger partial charge on any atom is -0.544 e. The molecule has 0 aliphatic rings. The number of unbranched alkanes of at least 4 members (excludes halogenated alkanes) is 18. The van der Waals surface area contributed by atoms with Crippen LogP contribution in [0.1, 0.15) is 143 Å². The lowest BCUT2D eigenvalue weighted by atomic mass is 9.99. The van der Waals surface area contributed by atoms with Crippen LogP contribution < -0.4 is 5.11 Å². The number of aliphatic carboxylic acids is 3. The predicted octanol–water partition coefficient (Wildman–Crippen LogP) is 6.49. The van der Waals surface area contributed by atoms with Crippen molar-refractivity contribution in [2.75, 3.05) is 6.54 Å². The average molecular weight is 540 g/mol. The average Bonchev–Trinajstić information content (AvgIpc) is 2.88. The van der Waals surface area contributed by atoms with Crippen molar-refractivity contribution in [3.8, 4) is 0 Å². The number of carboxylic acid groups (broad SMARTS) is 3. The van der Waals surface area contributed by atoms with Gasteiger partial charge in [-0.05, 0) is 46.5 Å². The van der Waals surface area contributed by atoms with Gasteiger partial charge in [-0.25, -0.2) is 9.59 Å². The van der Waals surface area contributed by atoms with Crippen LogP contribution in [-0.4, -0.2) is 57.3 Å². The van der Waals surface area contributed by atoms with Gasteiger partial charge in [0.2, 0.25) is 0 Å². The van der Waals surface area contributed by atoms with Gasteiger partial charge in [0, 0.05) is 0 Å². The first-order valence-electron chi connectivity index (χ1n) is 15.3. The Labute approximate surface area is 232 Å². The molecule has 7 heteroatoms. The second-order valence-electron chi connectivity index (χ2n) is 11.2. The van der Waals surface area contributed by atoms with Crippen LogP contribution in [0.25, 0.3) is 0 Å². The molecule has 0 spiro atoms. The number of carbonyl (C=O) groups is 3. The molecule has 0 aromatic carbocycles. The van der Waals surface area contributed by atoms with Crippen LogP contribution in [0.3, 0.4) is 0 Å². The third-order valence-corrected chi connectivity index (χ3v) is 8.42. The van der Waals surface area contributed by atoms with Crippen molar-refractivity contribution in [2.45, 2.75) is 161 Å². The minimum atomic E-state index is -1.42. The van der Waals surface area contributed by atoms with E-state index in [1.165, 1.54) is 111 Å². The number of carboxylic acids is 3. The molecule has 0 amide bonds. The van der Waals surface area contributed by atoms with E-state index in [2.05, 4.69) is 6.58 Å². The molecular weight excluding hydrogens is 482 g/mol. The fraction of sp³-hybridized carbons (Fsp3) is 0.839. The van der Waals surface area contributed by atoms with Crippen molar-refractivity contribution in [2.24, 2.45) is 0 Å². The smallest absolute Gasteiger partial charge is 0.362 e. The summed E-state index contributed by atoms with van der Waals surface area (Å²) in [5.74, 6) is -3.81. The highest BCUT2D eigenvalue weighted by Gasteiger charge is 2.50. The van der Waals surface area contributed by atoms with Crippen LogP contribution in [0.5, 0.6) is 0 Å². The zero-order valence-corrected chi connectivity index (χ0v) is 24.6. The zero-order valence-electron chi connectivity index (χ0n) is 24.6. The largest absolute Gasteiger partial charge is 0.544 e. The Morgan fingerprint density at radius 2 is 0.895 bits per heavy atom. The second kappa shape index (κ2) is 22.0. The molecule has 0 aromatic rings.